The number of alkyl halides is 6. The highest BCUT2D eigenvalue weighted by Crippen LogP contribution is 2.39. The van der Waals surface area contributed by atoms with Crippen LogP contribution in [0.5, 0.6) is 5.75 Å². The Kier molecular flexibility index (Phi) is 7.36. The summed E-state index contributed by atoms with van der Waals surface area (Å²) < 4.78 is 110. The Morgan fingerprint density at radius 2 is 1.54 bits per heavy atom. The molecule has 2 aromatic carbocycles. The van der Waals surface area contributed by atoms with E-state index < -0.39 is 39.4 Å². The summed E-state index contributed by atoms with van der Waals surface area (Å²) in [5.41, 5.74) is -2.18. The highest BCUT2D eigenvalue weighted by Gasteiger charge is 2.36. The second kappa shape index (κ2) is 10.3. The largest absolute Gasteiger partial charge is 0.493 e. The molecule has 4 aromatic rings. The van der Waals surface area contributed by atoms with Crippen LogP contribution >= 0.6 is 0 Å². The molecule has 14 heteroatoms. The maximum absolute atomic E-state index is 13.8. The number of benzene rings is 2. The molecule has 0 unspecified atom stereocenters. The van der Waals surface area contributed by atoms with Crippen molar-refractivity contribution in [2.75, 3.05) is 6.61 Å². The molecule has 0 aliphatic carbocycles. The number of halogens is 6. The summed E-state index contributed by atoms with van der Waals surface area (Å²) in [5.74, 6) is -0.943. The van der Waals surface area contributed by atoms with Gasteiger partial charge in [-0.3, -0.25) is 4.98 Å². The molecule has 2 N–H and O–H groups in total. The van der Waals surface area contributed by atoms with E-state index in [0.29, 0.717) is 17.7 Å². The van der Waals surface area contributed by atoms with Crippen LogP contribution in [0.4, 0.5) is 26.3 Å². The molecule has 0 fully saturated rings. The fourth-order valence-electron chi connectivity index (χ4n) is 3.62. The van der Waals surface area contributed by atoms with Crippen molar-refractivity contribution in [1.29, 1.82) is 0 Å². The number of hydrogen-bond acceptors (Lipinski definition) is 6. The van der Waals surface area contributed by atoms with Gasteiger partial charge in [-0.2, -0.15) is 26.3 Å². The second-order valence-electron chi connectivity index (χ2n) is 8.10. The van der Waals surface area contributed by atoms with Gasteiger partial charge in [-0.15, -0.1) is 0 Å². The van der Waals surface area contributed by atoms with Crippen LogP contribution in [-0.4, -0.2) is 30.0 Å². The third-order valence-electron chi connectivity index (χ3n) is 5.38. The predicted molar refractivity (Wildman–Crippen MR) is 129 cm³/mol. The summed E-state index contributed by atoms with van der Waals surface area (Å²) in [4.78, 5) is 11.7. The SMILES string of the molecule is CCOc1cc(-c2cc(C(F)(F)F)nc(-c3ccnc(-c4cccc(S(N)(=O)=O)c4)c3)n2)ccc1C(F)(F)F. The molecule has 0 amide bonds. The van der Waals surface area contributed by atoms with Crippen LogP contribution < -0.4 is 9.88 Å². The summed E-state index contributed by atoms with van der Waals surface area (Å²) in [6, 6.07) is 11.4. The molecule has 0 atom stereocenters. The molecule has 7 nitrogen and oxygen atoms in total. The van der Waals surface area contributed by atoms with Crippen molar-refractivity contribution in [3.05, 3.63) is 78.1 Å². The third kappa shape index (κ3) is 6.34. The summed E-state index contributed by atoms with van der Waals surface area (Å²) in [5, 5.41) is 5.17. The molecule has 0 aliphatic heterocycles. The molecule has 39 heavy (non-hydrogen) atoms. The number of primary sulfonamides is 1. The van der Waals surface area contributed by atoms with Gasteiger partial charge < -0.3 is 4.74 Å². The van der Waals surface area contributed by atoms with Gasteiger partial charge >= 0.3 is 12.4 Å². The van der Waals surface area contributed by atoms with Crippen molar-refractivity contribution >= 4 is 10.0 Å². The van der Waals surface area contributed by atoms with Crippen LogP contribution in [0.1, 0.15) is 18.2 Å². The molecule has 4 rings (SSSR count). The van der Waals surface area contributed by atoms with Crippen LogP contribution in [0.3, 0.4) is 0 Å². The monoisotopic (exact) mass is 568 g/mol. The van der Waals surface area contributed by atoms with Crippen molar-refractivity contribution in [2.24, 2.45) is 5.14 Å². The van der Waals surface area contributed by atoms with E-state index >= 15 is 0 Å². The van der Waals surface area contributed by atoms with E-state index in [0.717, 1.165) is 12.1 Å². The van der Waals surface area contributed by atoms with Gasteiger partial charge in [0.05, 0.1) is 28.5 Å². The zero-order chi connectivity index (χ0) is 28.6. The van der Waals surface area contributed by atoms with Crippen molar-refractivity contribution in [1.82, 2.24) is 15.0 Å². The number of pyridine rings is 1. The smallest absolute Gasteiger partial charge is 0.433 e. The summed E-state index contributed by atoms with van der Waals surface area (Å²) in [6.45, 7) is 1.36. The lowest BCUT2D eigenvalue weighted by molar-refractivity contribution is -0.141. The Morgan fingerprint density at radius 3 is 2.18 bits per heavy atom. The molecule has 204 valence electrons. The Balaban J connectivity index is 1.86. The number of rotatable bonds is 6. The zero-order valence-electron chi connectivity index (χ0n) is 19.9. The molecule has 0 aliphatic rings. The van der Waals surface area contributed by atoms with E-state index in [2.05, 4.69) is 15.0 Å². The Bertz CT molecular complexity index is 1640. The van der Waals surface area contributed by atoms with Crippen molar-refractivity contribution in [2.45, 2.75) is 24.2 Å². The van der Waals surface area contributed by atoms with Crippen molar-refractivity contribution in [3.63, 3.8) is 0 Å². The van der Waals surface area contributed by atoms with Crippen LogP contribution in [0.2, 0.25) is 0 Å². The van der Waals surface area contributed by atoms with Crippen LogP contribution in [0.25, 0.3) is 33.9 Å². The molecule has 2 heterocycles. The Labute approximate surface area is 218 Å². The summed E-state index contributed by atoms with van der Waals surface area (Å²) in [7, 11) is -4.03. The van der Waals surface area contributed by atoms with E-state index in [4.69, 9.17) is 9.88 Å². The average molecular weight is 568 g/mol. The van der Waals surface area contributed by atoms with Crippen LogP contribution in [0.15, 0.2) is 71.8 Å². The molecule has 0 radical (unpaired) electrons. The predicted octanol–water partition coefficient (Wildman–Crippen LogP) is 5.96. The summed E-state index contributed by atoms with van der Waals surface area (Å²) >= 11 is 0. The molecular formula is C25H18F6N4O3S. The number of sulfonamides is 1. The molecule has 2 aromatic heterocycles. The standard InChI is InChI=1S/C25H18F6N4O3S/c1-2-38-21-12-15(6-7-18(21)24(26,27)28)20-13-22(25(29,30)31)35-23(34-20)16-8-9-33-19(11-16)14-4-3-5-17(10-14)39(32,36)37/h3-13H,2H2,1H3,(H2,32,36,37). The van der Waals surface area contributed by atoms with Gasteiger partial charge in [0.25, 0.3) is 0 Å². The molecular weight excluding hydrogens is 550 g/mol. The maximum Gasteiger partial charge on any atom is 0.433 e. The zero-order valence-corrected chi connectivity index (χ0v) is 20.7. The first-order chi connectivity index (χ1) is 18.2. The van der Waals surface area contributed by atoms with Gasteiger partial charge in [-0.05, 0) is 49.4 Å². The quantitative estimate of drug-likeness (QED) is 0.288. The lowest BCUT2D eigenvalue weighted by Crippen LogP contribution is -2.12. The van der Waals surface area contributed by atoms with Crippen molar-refractivity contribution in [3.8, 4) is 39.7 Å². The molecule has 0 saturated carbocycles. The fraction of sp³-hybridized carbons (Fsp3) is 0.160. The fourth-order valence-corrected chi connectivity index (χ4v) is 4.18. The summed E-state index contributed by atoms with van der Waals surface area (Å²) in [6.07, 6.45) is -8.38. The van der Waals surface area contributed by atoms with E-state index in [1.54, 1.807) is 0 Å². The van der Waals surface area contributed by atoms with Gasteiger partial charge in [-0.25, -0.2) is 23.5 Å². The normalized spacial score (nSPS) is 12.4. The molecule has 0 bridgehead atoms. The van der Waals surface area contributed by atoms with Gasteiger partial charge in [-0.1, -0.05) is 18.2 Å². The average Bonchev–Trinajstić information content (AvgIpc) is 2.87. The highest BCUT2D eigenvalue weighted by atomic mass is 32.2. The van der Waals surface area contributed by atoms with E-state index in [1.165, 1.54) is 49.5 Å². The van der Waals surface area contributed by atoms with E-state index in [-0.39, 0.29) is 39.8 Å². The second-order valence-corrected chi connectivity index (χ2v) is 9.67. The number of ether oxygens (including phenoxy) is 1. The number of nitrogens with zero attached hydrogens (tertiary/aromatic N) is 3. The Morgan fingerprint density at radius 1 is 0.821 bits per heavy atom. The first-order valence-corrected chi connectivity index (χ1v) is 12.6. The maximum atomic E-state index is 13.8. The van der Waals surface area contributed by atoms with Crippen LogP contribution in [0, 0.1) is 0 Å². The van der Waals surface area contributed by atoms with Gasteiger partial charge in [0.15, 0.2) is 5.82 Å². The minimum absolute atomic E-state index is 0.0595. The highest BCUT2D eigenvalue weighted by molar-refractivity contribution is 7.89. The topological polar surface area (TPSA) is 108 Å². The van der Waals surface area contributed by atoms with E-state index in [1.807, 2.05) is 0 Å². The third-order valence-corrected chi connectivity index (χ3v) is 6.29. The number of aromatic nitrogens is 3. The lowest BCUT2D eigenvalue weighted by Gasteiger charge is -2.15. The first-order valence-electron chi connectivity index (χ1n) is 11.1. The van der Waals surface area contributed by atoms with Gasteiger partial charge in [0, 0.05) is 22.9 Å². The number of nitrogens with two attached hydrogens (primary N) is 1. The minimum Gasteiger partial charge on any atom is -0.493 e. The molecule has 0 spiro atoms. The lowest BCUT2D eigenvalue weighted by atomic mass is 10.1. The number of hydrogen-bond donors (Lipinski definition) is 1. The Hall–Kier alpha value is -4.04. The van der Waals surface area contributed by atoms with Gasteiger partial charge in [0.1, 0.15) is 11.4 Å². The van der Waals surface area contributed by atoms with E-state index in [9.17, 15) is 34.8 Å². The first kappa shape index (κ1) is 28.0. The van der Waals surface area contributed by atoms with Gasteiger partial charge in [0.2, 0.25) is 10.0 Å². The van der Waals surface area contributed by atoms with Crippen LogP contribution in [-0.2, 0) is 22.4 Å². The molecule has 0 saturated heterocycles. The van der Waals surface area contributed by atoms with Crippen molar-refractivity contribution < 1.29 is 39.5 Å². The minimum atomic E-state index is -4.90.